The molecule has 0 aromatic heterocycles. The van der Waals surface area contributed by atoms with Crippen molar-refractivity contribution < 1.29 is 4.74 Å². The Hall–Kier alpha value is -1.49. The second kappa shape index (κ2) is 4.17. The van der Waals surface area contributed by atoms with E-state index in [0.29, 0.717) is 6.42 Å². The molecule has 2 heteroatoms. The van der Waals surface area contributed by atoms with Gasteiger partial charge in [0.15, 0.2) is 0 Å². The van der Waals surface area contributed by atoms with E-state index < -0.39 is 0 Å². The van der Waals surface area contributed by atoms with E-state index in [9.17, 15) is 0 Å². The van der Waals surface area contributed by atoms with Crippen molar-refractivity contribution in [2.45, 2.75) is 38.0 Å². The van der Waals surface area contributed by atoms with Crippen LogP contribution in [0.3, 0.4) is 0 Å². The van der Waals surface area contributed by atoms with Crippen LogP contribution in [0, 0.1) is 11.3 Å². The Labute approximate surface area is 96.9 Å². The molecule has 0 saturated carbocycles. The summed E-state index contributed by atoms with van der Waals surface area (Å²) in [6.07, 6.45) is 3.99. The van der Waals surface area contributed by atoms with Gasteiger partial charge in [0.1, 0.15) is 5.75 Å². The van der Waals surface area contributed by atoms with Gasteiger partial charge in [0, 0.05) is 11.8 Å². The predicted octanol–water partition coefficient (Wildman–Crippen LogP) is 3.20. The fraction of sp³-hybridized carbons (Fsp3) is 0.500. The fourth-order valence-corrected chi connectivity index (χ4v) is 2.62. The highest BCUT2D eigenvalue weighted by atomic mass is 16.5. The third kappa shape index (κ3) is 1.78. The van der Waals surface area contributed by atoms with Crippen LogP contribution in [0.2, 0.25) is 0 Å². The number of methoxy groups -OCH3 is 1. The molecule has 2 rings (SSSR count). The maximum atomic E-state index is 8.95. The molecule has 2 nitrogen and oxygen atoms in total. The van der Waals surface area contributed by atoms with Gasteiger partial charge in [0.25, 0.3) is 0 Å². The minimum Gasteiger partial charge on any atom is -0.497 e. The van der Waals surface area contributed by atoms with E-state index in [1.54, 1.807) is 7.11 Å². The number of benzene rings is 1. The molecule has 1 aliphatic carbocycles. The van der Waals surface area contributed by atoms with Crippen LogP contribution in [0.5, 0.6) is 5.75 Å². The van der Waals surface area contributed by atoms with Crippen molar-refractivity contribution in [2.24, 2.45) is 0 Å². The number of aryl methyl sites for hydroxylation is 1. The second-order valence-corrected chi connectivity index (χ2v) is 4.77. The maximum Gasteiger partial charge on any atom is 0.119 e. The zero-order valence-electron chi connectivity index (χ0n) is 9.92. The summed E-state index contributed by atoms with van der Waals surface area (Å²) in [5, 5.41) is 8.95. The third-order valence-corrected chi connectivity index (χ3v) is 3.61. The molecule has 1 atom stereocenters. The number of fused-ring (bicyclic) bond motifs is 1. The van der Waals surface area contributed by atoms with Crippen LogP contribution in [-0.2, 0) is 11.8 Å². The van der Waals surface area contributed by atoms with E-state index in [1.165, 1.54) is 17.5 Å². The summed E-state index contributed by atoms with van der Waals surface area (Å²) in [4.78, 5) is 0. The van der Waals surface area contributed by atoms with Gasteiger partial charge >= 0.3 is 0 Å². The van der Waals surface area contributed by atoms with Crippen molar-refractivity contribution in [1.82, 2.24) is 0 Å². The third-order valence-electron chi connectivity index (χ3n) is 3.61. The molecule has 1 aromatic carbocycles. The first kappa shape index (κ1) is 11.0. The van der Waals surface area contributed by atoms with Gasteiger partial charge in [-0.15, -0.1) is 0 Å². The first-order valence-corrected chi connectivity index (χ1v) is 5.74. The number of nitrogens with zero attached hydrogens (tertiary/aromatic N) is 1. The monoisotopic (exact) mass is 215 g/mol. The number of hydrogen-bond acceptors (Lipinski definition) is 2. The van der Waals surface area contributed by atoms with E-state index in [0.717, 1.165) is 18.6 Å². The van der Waals surface area contributed by atoms with Crippen molar-refractivity contribution in [3.05, 3.63) is 29.3 Å². The van der Waals surface area contributed by atoms with Crippen molar-refractivity contribution >= 4 is 0 Å². The van der Waals surface area contributed by atoms with Crippen LogP contribution in [0.25, 0.3) is 0 Å². The molecule has 0 fully saturated rings. The normalized spacial score (nSPS) is 23.3. The largest absolute Gasteiger partial charge is 0.497 e. The minimum absolute atomic E-state index is 0.0108. The van der Waals surface area contributed by atoms with Gasteiger partial charge in [-0.2, -0.15) is 5.26 Å². The summed E-state index contributed by atoms with van der Waals surface area (Å²) in [6, 6.07) is 8.57. The van der Waals surface area contributed by atoms with E-state index >= 15 is 0 Å². The maximum absolute atomic E-state index is 8.95. The molecule has 0 bridgehead atoms. The highest BCUT2D eigenvalue weighted by molar-refractivity contribution is 5.42. The van der Waals surface area contributed by atoms with Crippen LogP contribution in [0.15, 0.2) is 18.2 Å². The average molecular weight is 215 g/mol. The topological polar surface area (TPSA) is 33.0 Å². The zero-order chi connectivity index (χ0) is 11.6. The number of hydrogen-bond donors (Lipinski definition) is 0. The van der Waals surface area contributed by atoms with Crippen LogP contribution in [0.4, 0.5) is 0 Å². The molecule has 0 saturated heterocycles. The van der Waals surface area contributed by atoms with Crippen LogP contribution in [-0.4, -0.2) is 7.11 Å². The molecule has 0 N–H and O–H groups in total. The average Bonchev–Trinajstić information content (AvgIpc) is 2.29. The lowest BCUT2D eigenvalue weighted by Crippen LogP contribution is -2.27. The molecular weight excluding hydrogens is 198 g/mol. The molecule has 0 amide bonds. The second-order valence-electron chi connectivity index (χ2n) is 4.77. The minimum atomic E-state index is 0.0108. The summed E-state index contributed by atoms with van der Waals surface area (Å²) < 4.78 is 5.27. The molecule has 16 heavy (non-hydrogen) atoms. The smallest absolute Gasteiger partial charge is 0.119 e. The molecule has 0 aliphatic heterocycles. The Morgan fingerprint density at radius 2 is 2.31 bits per heavy atom. The Kier molecular flexibility index (Phi) is 2.87. The summed E-state index contributed by atoms with van der Waals surface area (Å²) >= 11 is 0. The highest BCUT2D eigenvalue weighted by Crippen LogP contribution is 2.40. The summed E-state index contributed by atoms with van der Waals surface area (Å²) in [5.41, 5.74) is 2.70. The quantitative estimate of drug-likeness (QED) is 0.759. The molecule has 1 aliphatic rings. The van der Waals surface area contributed by atoms with Gasteiger partial charge in [-0.3, -0.25) is 0 Å². The fourth-order valence-electron chi connectivity index (χ4n) is 2.62. The van der Waals surface area contributed by atoms with Gasteiger partial charge in [0.2, 0.25) is 0 Å². The van der Waals surface area contributed by atoms with Crippen molar-refractivity contribution in [3.63, 3.8) is 0 Å². The molecule has 0 spiro atoms. The van der Waals surface area contributed by atoms with Gasteiger partial charge in [-0.1, -0.05) is 13.0 Å². The van der Waals surface area contributed by atoms with Crippen molar-refractivity contribution in [2.75, 3.05) is 7.11 Å². The molecule has 1 aromatic rings. The number of rotatable bonds is 2. The molecule has 0 unspecified atom stereocenters. The first-order chi connectivity index (χ1) is 7.69. The molecule has 0 radical (unpaired) electrons. The Balaban J connectivity index is 2.47. The summed E-state index contributed by atoms with van der Waals surface area (Å²) in [7, 11) is 1.69. The Bertz CT molecular complexity index is 433. The van der Waals surface area contributed by atoms with Gasteiger partial charge < -0.3 is 4.74 Å². The number of ether oxygens (including phenoxy) is 1. The SMILES string of the molecule is COc1ccc2c(c1)[C@@](C)(CC#N)CCC2. The van der Waals surface area contributed by atoms with Crippen molar-refractivity contribution in [3.8, 4) is 11.8 Å². The van der Waals surface area contributed by atoms with Gasteiger partial charge in [0.05, 0.1) is 13.2 Å². The van der Waals surface area contributed by atoms with Crippen molar-refractivity contribution in [1.29, 1.82) is 5.26 Å². The standard InChI is InChI=1S/C14H17NO/c1-14(8-9-15)7-3-4-11-5-6-12(16-2)10-13(11)14/h5-6,10H,3-4,7-8H2,1-2H3/t14-/m1/s1. The van der Waals surface area contributed by atoms with Gasteiger partial charge in [-0.25, -0.2) is 0 Å². The van der Waals surface area contributed by atoms with Crippen LogP contribution in [0.1, 0.15) is 37.3 Å². The lowest BCUT2D eigenvalue weighted by molar-refractivity contribution is 0.388. The van der Waals surface area contributed by atoms with Crippen LogP contribution < -0.4 is 4.74 Å². The van der Waals surface area contributed by atoms with E-state index in [2.05, 4.69) is 25.1 Å². The molecule has 84 valence electrons. The van der Waals surface area contributed by atoms with E-state index in [4.69, 9.17) is 10.00 Å². The number of nitriles is 1. The summed E-state index contributed by atoms with van der Waals surface area (Å²) in [5.74, 6) is 0.893. The molecule has 0 heterocycles. The van der Waals surface area contributed by atoms with Gasteiger partial charge in [-0.05, 0) is 42.5 Å². The lowest BCUT2D eigenvalue weighted by atomic mass is 9.69. The Morgan fingerprint density at radius 1 is 1.50 bits per heavy atom. The van der Waals surface area contributed by atoms with E-state index in [-0.39, 0.29) is 5.41 Å². The zero-order valence-corrected chi connectivity index (χ0v) is 9.92. The molecular formula is C14H17NO. The Morgan fingerprint density at radius 3 is 3.00 bits per heavy atom. The predicted molar refractivity (Wildman–Crippen MR) is 63.5 cm³/mol. The summed E-state index contributed by atoms with van der Waals surface area (Å²) in [6.45, 7) is 2.19. The van der Waals surface area contributed by atoms with Crippen LogP contribution >= 0.6 is 0 Å². The first-order valence-electron chi connectivity index (χ1n) is 5.74. The lowest BCUT2D eigenvalue weighted by Gasteiger charge is -2.34. The highest BCUT2D eigenvalue weighted by Gasteiger charge is 2.32. The van der Waals surface area contributed by atoms with E-state index in [1.807, 2.05) is 6.07 Å².